The molecular formula is C9H9FN2O. The fourth-order valence-corrected chi connectivity index (χ4v) is 1.46. The molecule has 3 nitrogen and oxygen atoms in total. The van der Waals surface area contributed by atoms with Gasteiger partial charge in [0.25, 0.3) is 0 Å². The van der Waals surface area contributed by atoms with Crippen LogP contribution in [0.15, 0.2) is 24.3 Å². The molecule has 0 saturated heterocycles. The molecule has 1 aliphatic heterocycles. The first-order chi connectivity index (χ1) is 6.20. The number of alkyl halides is 1. The minimum Gasteiger partial charge on any atom is -0.321 e. The third-order valence-corrected chi connectivity index (χ3v) is 2.16. The van der Waals surface area contributed by atoms with Crippen molar-refractivity contribution in [3.8, 4) is 0 Å². The van der Waals surface area contributed by atoms with Crippen molar-refractivity contribution in [3.63, 3.8) is 0 Å². The van der Waals surface area contributed by atoms with Gasteiger partial charge in [-0.15, -0.1) is 0 Å². The average molecular weight is 180 g/mol. The highest BCUT2D eigenvalue weighted by atomic mass is 19.1. The number of nitrogens with two attached hydrogens (primary N) is 1. The normalized spacial score (nSPS) is 26.5. The number of hydrogen-bond acceptors (Lipinski definition) is 2. The van der Waals surface area contributed by atoms with E-state index < -0.39 is 18.2 Å². The van der Waals surface area contributed by atoms with Crippen LogP contribution in [-0.2, 0) is 4.79 Å². The molecule has 2 rings (SSSR count). The van der Waals surface area contributed by atoms with Gasteiger partial charge in [-0.25, -0.2) is 4.39 Å². The summed E-state index contributed by atoms with van der Waals surface area (Å²) >= 11 is 0. The van der Waals surface area contributed by atoms with Crippen LogP contribution in [0.4, 0.5) is 4.39 Å². The van der Waals surface area contributed by atoms with E-state index in [4.69, 9.17) is 5.73 Å². The number of halogens is 1. The first-order valence-electron chi connectivity index (χ1n) is 3.99. The first-order valence-corrected chi connectivity index (χ1v) is 3.99. The Morgan fingerprint density at radius 2 is 1.92 bits per heavy atom. The van der Waals surface area contributed by atoms with E-state index in [2.05, 4.69) is 5.32 Å². The Kier molecular flexibility index (Phi) is 1.77. The van der Waals surface area contributed by atoms with E-state index in [1.54, 1.807) is 24.3 Å². The summed E-state index contributed by atoms with van der Waals surface area (Å²) in [5.41, 5.74) is 6.60. The van der Waals surface area contributed by atoms with Gasteiger partial charge in [0.15, 0.2) is 6.30 Å². The topological polar surface area (TPSA) is 55.1 Å². The van der Waals surface area contributed by atoms with Gasteiger partial charge in [0.1, 0.15) is 6.04 Å². The molecule has 0 saturated carbocycles. The molecular weight excluding hydrogens is 171 g/mol. The zero-order valence-corrected chi connectivity index (χ0v) is 6.83. The largest absolute Gasteiger partial charge is 0.321 e. The van der Waals surface area contributed by atoms with E-state index in [1.165, 1.54) is 0 Å². The minimum absolute atomic E-state index is 0.453. The van der Waals surface area contributed by atoms with Crippen molar-refractivity contribution >= 4 is 5.91 Å². The van der Waals surface area contributed by atoms with Gasteiger partial charge in [-0.2, -0.15) is 0 Å². The summed E-state index contributed by atoms with van der Waals surface area (Å²) in [4.78, 5) is 11.1. The van der Waals surface area contributed by atoms with Crippen LogP contribution in [-0.4, -0.2) is 5.91 Å². The zero-order valence-electron chi connectivity index (χ0n) is 6.83. The SMILES string of the molecule is NC1C(=O)NC(F)c2ccccc21. The lowest BCUT2D eigenvalue weighted by molar-refractivity contribution is -0.125. The second kappa shape index (κ2) is 2.81. The van der Waals surface area contributed by atoms with Crippen molar-refractivity contribution in [2.75, 3.05) is 0 Å². The van der Waals surface area contributed by atoms with Crippen molar-refractivity contribution in [2.45, 2.75) is 12.3 Å². The second-order valence-electron chi connectivity index (χ2n) is 2.98. The Labute approximate surface area is 74.7 Å². The van der Waals surface area contributed by atoms with Crippen LogP contribution in [0.5, 0.6) is 0 Å². The first kappa shape index (κ1) is 8.19. The van der Waals surface area contributed by atoms with Gasteiger partial charge in [-0.3, -0.25) is 4.79 Å². The Morgan fingerprint density at radius 1 is 1.31 bits per heavy atom. The molecule has 68 valence electrons. The summed E-state index contributed by atoms with van der Waals surface area (Å²) < 4.78 is 13.2. The van der Waals surface area contributed by atoms with Gasteiger partial charge in [0.2, 0.25) is 5.91 Å². The van der Waals surface area contributed by atoms with Crippen molar-refractivity contribution in [1.29, 1.82) is 0 Å². The van der Waals surface area contributed by atoms with Crippen LogP contribution >= 0.6 is 0 Å². The molecule has 1 heterocycles. The highest BCUT2D eigenvalue weighted by molar-refractivity contribution is 5.85. The standard InChI is InChI=1S/C9H9FN2O/c10-8-6-4-2-1-3-5(6)7(11)9(13)12-8/h1-4,7-8H,11H2,(H,12,13). The summed E-state index contributed by atoms with van der Waals surface area (Å²) in [6.07, 6.45) is -1.43. The van der Waals surface area contributed by atoms with E-state index >= 15 is 0 Å². The van der Waals surface area contributed by atoms with Crippen LogP contribution in [0.3, 0.4) is 0 Å². The van der Waals surface area contributed by atoms with E-state index in [-0.39, 0.29) is 0 Å². The van der Waals surface area contributed by atoms with Crippen molar-refractivity contribution in [3.05, 3.63) is 35.4 Å². The van der Waals surface area contributed by atoms with Crippen LogP contribution in [0.1, 0.15) is 23.5 Å². The van der Waals surface area contributed by atoms with Crippen molar-refractivity contribution in [1.82, 2.24) is 5.32 Å². The van der Waals surface area contributed by atoms with Crippen LogP contribution < -0.4 is 11.1 Å². The summed E-state index contributed by atoms with van der Waals surface area (Å²) in [6.45, 7) is 0. The number of rotatable bonds is 0. The Morgan fingerprint density at radius 3 is 2.62 bits per heavy atom. The Hall–Kier alpha value is -1.42. The number of benzene rings is 1. The highest BCUT2D eigenvalue weighted by Crippen LogP contribution is 2.28. The van der Waals surface area contributed by atoms with E-state index in [9.17, 15) is 9.18 Å². The van der Waals surface area contributed by atoms with Gasteiger partial charge in [0.05, 0.1) is 0 Å². The summed E-state index contributed by atoms with van der Waals surface area (Å²) in [6, 6.07) is 6.01. The lowest BCUT2D eigenvalue weighted by atomic mass is 9.96. The molecule has 1 aliphatic rings. The molecule has 2 atom stereocenters. The smallest absolute Gasteiger partial charge is 0.243 e. The molecule has 0 aliphatic carbocycles. The predicted molar refractivity (Wildman–Crippen MR) is 45.4 cm³/mol. The van der Waals surface area contributed by atoms with Crippen molar-refractivity contribution in [2.24, 2.45) is 5.73 Å². The molecule has 1 amide bonds. The van der Waals surface area contributed by atoms with E-state index in [0.29, 0.717) is 11.1 Å². The van der Waals surface area contributed by atoms with Crippen molar-refractivity contribution < 1.29 is 9.18 Å². The maximum atomic E-state index is 13.2. The number of amides is 1. The maximum Gasteiger partial charge on any atom is 0.243 e. The fourth-order valence-electron chi connectivity index (χ4n) is 1.46. The predicted octanol–water partition coefficient (Wildman–Crippen LogP) is 0.784. The van der Waals surface area contributed by atoms with E-state index in [0.717, 1.165) is 0 Å². The van der Waals surface area contributed by atoms with Gasteiger partial charge in [0, 0.05) is 5.56 Å². The van der Waals surface area contributed by atoms with Gasteiger partial charge < -0.3 is 11.1 Å². The molecule has 1 aromatic carbocycles. The monoisotopic (exact) mass is 180 g/mol. The molecule has 3 N–H and O–H groups in total. The maximum absolute atomic E-state index is 13.2. The second-order valence-corrected chi connectivity index (χ2v) is 2.98. The number of fused-ring (bicyclic) bond motifs is 1. The molecule has 1 aromatic rings. The molecule has 0 bridgehead atoms. The number of carbonyl (C=O) groups is 1. The molecule has 0 fully saturated rings. The lowest BCUT2D eigenvalue weighted by Gasteiger charge is -2.25. The third-order valence-electron chi connectivity index (χ3n) is 2.16. The lowest BCUT2D eigenvalue weighted by Crippen LogP contribution is -2.40. The molecule has 0 radical (unpaired) electrons. The molecule has 0 spiro atoms. The fraction of sp³-hybridized carbons (Fsp3) is 0.222. The highest BCUT2D eigenvalue weighted by Gasteiger charge is 2.29. The van der Waals surface area contributed by atoms with Crippen LogP contribution in [0, 0.1) is 0 Å². The number of carbonyl (C=O) groups excluding carboxylic acids is 1. The number of nitrogens with one attached hydrogen (secondary N) is 1. The average Bonchev–Trinajstić information content (AvgIpc) is 2.15. The Bertz CT molecular complexity index is 353. The minimum atomic E-state index is -1.43. The zero-order chi connectivity index (χ0) is 9.42. The summed E-state index contributed by atoms with van der Waals surface area (Å²) in [5, 5.41) is 2.15. The van der Waals surface area contributed by atoms with Crippen LogP contribution in [0.2, 0.25) is 0 Å². The van der Waals surface area contributed by atoms with E-state index in [1.807, 2.05) is 0 Å². The molecule has 13 heavy (non-hydrogen) atoms. The van der Waals surface area contributed by atoms with Gasteiger partial charge in [-0.05, 0) is 5.56 Å². The molecule has 4 heteroatoms. The third kappa shape index (κ3) is 1.19. The number of hydrogen-bond donors (Lipinski definition) is 2. The van der Waals surface area contributed by atoms with Gasteiger partial charge >= 0.3 is 0 Å². The quantitative estimate of drug-likeness (QED) is 0.580. The van der Waals surface area contributed by atoms with Crippen LogP contribution in [0.25, 0.3) is 0 Å². The summed E-state index contributed by atoms with van der Waals surface area (Å²) in [5.74, 6) is -0.466. The molecule has 2 unspecified atom stereocenters. The van der Waals surface area contributed by atoms with Gasteiger partial charge in [-0.1, -0.05) is 24.3 Å². The summed E-state index contributed by atoms with van der Waals surface area (Å²) in [7, 11) is 0. The Balaban J connectivity index is 2.53. The molecule has 0 aromatic heterocycles.